The number of aromatic nitrogens is 3. The number of carbonyl (C=O) groups excluding carboxylic acids is 1. The van der Waals surface area contributed by atoms with E-state index in [0.717, 1.165) is 37.1 Å². The summed E-state index contributed by atoms with van der Waals surface area (Å²) in [5.41, 5.74) is 5.10. The molecule has 0 radical (unpaired) electrons. The van der Waals surface area contributed by atoms with Crippen LogP contribution in [0.3, 0.4) is 0 Å². The minimum Gasteiger partial charge on any atom is -0.345 e. The molecule has 0 saturated heterocycles. The van der Waals surface area contributed by atoms with E-state index in [1.165, 1.54) is 11.3 Å². The van der Waals surface area contributed by atoms with Gasteiger partial charge in [-0.05, 0) is 43.9 Å². The van der Waals surface area contributed by atoms with E-state index in [0.29, 0.717) is 5.56 Å². The number of nitrogens with one attached hydrogen (secondary N) is 1. The summed E-state index contributed by atoms with van der Waals surface area (Å²) in [6.45, 7) is 2.68. The van der Waals surface area contributed by atoms with Crippen LogP contribution in [-0.4, -0.2) is 20.7 Å². The molecule has 1 N–H and O–H groups in total. The van der Waals surface area contributed by atoms with Gasteiger partial charge in [-0.15, -0.1) is 0 Å². The van der Waals surface area contributed by atoms with Gasteiger partial charge in [0.1, 0.15) is 0 Å². The van der Waals surface area contributed by atoms with Gasteiger partial charge >= 0.3 is 0 Å². The van der Waals surface area contributed by atoms with Gasteiger partial charge in [-0.1, -0.05) is 30.3 Å². The molecule has 0 aliphatic heterocycles. The summed E-state index contributed by atoms with van der Waals surface area (Å²) in [7, 11) is 0. The Hall–Kier alpha value is -2.95. The van der Waals surface area contributed by atoms with Crippen LogP contribution in [0.15, 0.2) is 54.9 Å². The molecule has 4 rings (SSSR count). The fraction of sp³-hybridized carbons (Fsp3) is 0.286. The van der Waals surface area contributed by atoms with Crippen molar-refractivity contribution in [3.63, 3.8) is 0 Å². The van der Waals surface area contributed by atoms with Crippen molar-refractivity contribution < 1.29 is 4.79 Å². The SMILES string of the molecule is Cc1ccc(C(=O)N[C@H]2CCCc3c2cnn3Cc2ccccc2)cn1. The predicted octanol–water partition coefficient (Wildman–Crippen LogP) is 3.44. The minimum absolute atomic E-state index is 0.0112. The zero-order valence-corrected chi connectivity index (χ0v) is 14.9. The Morgan fingerprint density at radius 2 is 2.04 bits per heavy atom. The molecule has 0 spiro atoms. The van der Waals surface area contributed by atoms with Crippen molar-refractivity contribution in [3.05, 3.63) is 82.9 Å². The maximum absolute atomic E-state index is 12.6. The molecular formula is C21H22N4O. The summed E-state index contributed by atoms with van der Waals surface area (Å²) in [4.78, 5) is 16.8. The Morgan fingerprint density at radius 1 is 1.19 bits per heavy atom. The zero-order valence-electron chi connectivity index (χ0n) is 14.9. The molecule has 1 aliphatic carbocycles. The minimum atomic E-state index is -0.0776. The lowest BCUT2D eigenvalue weighted by Gasteiger charge is -2.24. The van der Waals surface area contributed by atoms with Crippen molar-refractivity contribution in [1.82, 2.24) is 20.1 Å². The fourth-order valence-corrected chi connectivity index (χ4v) is 3.50. The number of pyridine rings is 1. The highest BCUT2D eigenvalue weighted by molar-refractivity contribution is 5.94. The Bertz CT molecular complexity index is 900. The lowest BCUT2D eigenvalue weighted by Crippen LogP contribution is -2.31. The number of nitrogens with zero attached hydrogens (tertiary/aromatic N) is 3. The Kier molecular flexibility index (Phi) is 4.52. The highest BCUT2D eigenvalue weighted by Gasteiger charge is 2.26. The van der Waals surface area contributed by atoms with Gasteiger partial charge in [-0.25, -0.2) is 0 Å². The van der Waals surface area contributed by atoms with Crippen LogP contribution in [0.4, 0.5) is 0 Å². The molecule has 0 unspecified atom stereocenters. The molecule has 2 heterocycles. The molecule has 5 nitrogen and oxygen atoms in total. The second-order valence-corrected chi connectivity index (χ2v) is 6.80. The van der Waals surface area contributed by atoms with Gasteiger partial charge in [0.05, 0.1) is 24.3 Å². The normalized spacial score (nSPS) is 16.1. The molecule has 5 heteroatoms. The molecule has 0 saturated carbocycles. The first-order valence-electron chi connectivity index (χ1n) is 9.03. The van der Waals surface area contributed by atoms with Gasteiger partial charge in [0.2, 0.25) is 0 Å². The monoisotopic (exact) mass is 346 g/mol. The quantitative estimate of drug-likeness (QED) is 0.787. The van der Waals surface area contributed by atoms with Crippen LogP contribution < -0.4 is 5.32 Å². The molecule has 26 heavy (non-hydrogen) atoms. The number of benzene rings is 1. The van der Waals surface area contributed by atoms with E-state index in [-0.39, 0.29) is 11.9 Å². The summed E-state index contributed by atoms with van der Waals surface area (Å²) in [6, 6.07) is 14.0. The molecular weight excluding hydrogens is 324 g/mol. The second-order valence-electron chi connectivity index (χ2n) is 6.80. The van der Waals surface area contributed by atoms with Gasteiger partial charge in [-0.2, -0.15) is 5.10 Å². The first kappa shape index (κ1) is 16.5. The third-order valence-corrected chi connectivity index (χ3v) is 4.92. The van der Waals surface area contributed by atoms with Crippen LogP contribution in [0.1, 0.15) is 51.8 Å². The summed E-state index contributed by atoms with van der Waals surface area (Å²) in [5.74, 6) is -0.0776. The molecule has 132 valence electrons. The number of aryl methyl sites for hydroxylation is 1. The number of hydrogen-bond acceptors (Lipinski definition) is 3. The first-order chi connectivity index (χ1) is 12.7. The van der Waals surface area contributed by atoms with Crippen molar-refractivity contribution in [3.8, 4) is 0 Å². The molecule has 2 aromatic heterocycles. The van der Waals surface area contributed by atoms with Crippen molar-refractivity contribution in [1.29, 1.82) is 0 Å². The van der Waals surface area contributed by atoms with Crippen LogP contribution in [0, 0.1) is 6.92 Å². The topological polar surface area (TPSA) is 59.8 Å². The Labute approximate surface area is 153 Å². The fourth-order valence-electron chi connectivity index (χ4n) is 3.50. The van der Waals surface area contributed by atoms with Crippen LogP contribution in [0.25, 0.3) is 0 Å². The van der Waals surface area contributed by atoms with Crippen molar-refractivity contribution in [2.45, 2.75) is 38.8 Å². The van der Waals surface area contributed by atoms with Crippen LogP contribution in [0.5, 0.6) is 0 Å². The van der Waals surface area contributed by atoms with E-state index >= 15 is 0 Å². The van der Waals surface area contributed by atoms with E-state index in [1.54, 1.807) is 6.20 Å². The molecule has 0 fully saturated rings. The number of carbonyl (C=O) groups is 1. The maximum Gasteiger partial charge on any atom is 0.253 e. The molecule has 1 atom stereocenters. The number of fused-ring (bicyclic) bond motifs is 1. The van der Waals surface area contributed by atoms with E-state index in [9.17, 15) is 4.79 Å². The van der Waals surface area contributed by atoms with E-state index in [4.69, 9.17) is 0 Å². The van der Waals surface area contributed by atoms with Gasteiger partial charge in [0.25, 0.3) is 5.91 Å². The third kappa shape index (κ3) is 3.38. The van der Waals surface area contributed by atoms with Gasteiger partial charge in [0.15, 0.2) is 0 Å². The molecule has 1 amide bonds. The highest BCUT2D eigenvalue weighted by atomic mass is 16.1. The Balaban J connectivity index is 1.52. The standard InChI is InChI=1S/C21H22N4O/c1-15-10-11-17(12-22-15)21(26)24-19-8-5-9-20-18(19)13-23-25(20)14-16-6-3-2-4-7-16/h2-4,6-7,10-13,19H,5,8-9,14H2,1H3,(H,24,26)/t19-/m0/s1. The van der Waals surface area contributed by atoms with Crippen LogP contribution in [-0.2, 0) is 13.0 Å². The largest absolute Gasteiger partial charge is 0.345 e. The molecule has 1 aromatic carbocycles. The lowest BCUT2D eigenvalue weighted by molar-refractivity contribution is 0.0932. The third-order valence-electron chi connectivity index (χ3n) is 4.92. The van der Waals surface area contributed by atoms with E-state index < -0.39 is 0 Å². The van der Waals surface area contributed by atoms with Crippen LogP contribution in [0.2, 0.25) is 0 Å². The maximum atomic E-state index is 12.6. The van der Waals surface area contributed by atoms with Gasteiger partial charge in [-0.3, -0.25) is 14.5 Å². The number of amides is 1. The lowest BCUT2D eigenvalue weighted by atomic mass is 9.92. The van der Waals surface area contributed by atoms with Crippen molar-refractivity contribution in [2.75, 3.05) is 0 Å². The molecule has 1 aliphatic rings. The van der Waals surface area contributed by atoms with Crippen LogP contribution >= 0.6 is 0 Å². The average Bonchev–Trinajstić information content (AvgIpc) is 3.07. The highest BCUT2D eigenvalue weighted by Crippen LogP contribution is 2.30. The molecule has 3 aromatic rings. The summed E-state index contributed by atoms with van der Waals surface area (Å²) >= 11 is 0. The zero-order chi connectivity index (χ0) is 17.9. The van der Waals surface area contributed by atoms with Crippen molar-refractivity contribution >= 4 is 5.91 Å². The summed E-state index contributed by atoms with van der Waals surface area (Å²) < 4.78 is 2.07. The van der Waals surface area contributed by atoms with E-state index in [1.807, 2.05) is 43.5 Å². The molecule has 0 bridgehead atoms. The van der Waals surface area contributed by atoms with E-state index in [2.05, 4.69) is 32.2 Å². The number of rotatable bonds is 4. The van der Waals surface area contributed by atoms with Gasteiger partial charge in [0, 0.05) is 23.1 Å². The summed E-state index contributed by atoms with van der Waals surface area (Å²) in [5, 5.41) is 7.74. The predicted molar refractivity (Wildman–Crippen MR) is 99.9 cm³/mol. The smallest absolute Gasteiger partial charge is 0.253 e. The summed E-state index contributed by atoms with van der Waals surface area (Å²) in [6.07, 6.45) is 6.53. The number of hydrogen-bond donors (Lipinski definition) is 1. The first-order valence-corrected chi connectivity index (χ1v) is 9.03. The van der Waals surface area contributed by atoms with Crippen molar-refractivity contribution in [2.24, 2.45) is 0 Å². The van der Waals surface area contributed by atoms with Gasteiger partial charge < -0.3 is 5.32 Å². The Morgan fingerprint density at radius 3 is 2.81 bits per heavy atom. The average molecular weight is 346 g/mol. The second kappa shape index (κ2) is 7.12.